The van der Waals surface area contributed by atoms with Crippen LogP contribution in [-0.4, -0.2) is 28.1 Å². The maximum absolute atomic E-state index is 13.3. The summed E-state index contributed by atoms with van der Waals surface area (Å²) in [6.45, 7) is 0. The van der Waals surface area contributed by atoms with Gasteiger partial charge in [-0.3, -0.25) is 4.79 Å². The molecule has 0 bridgehead atoms. The second kappa shape index (κ2) is 4.40. The van der Waals surface area contributed by atoms with E-state index in [0.29, 0.717) is 0 Å². The van der Waals surface area contributed by atoms with Crippen LogP contribution in [0.1, 0.15) is 5.56 Å². The maximum Gasteiger partial charge on any atom is 0.331 e. The molecule has 0 saturated carbocycles. The van der Waals surface area contributed by atoms with E-state index < -0.39 is 27.6 Å². The quantitative estimate of drug-likeness (QED) is 0.771. The number of carbonyl (C=O) groups excluding carboxylic acids is 1. The zero-order valence-electron chi connectivity index (χ0n) is 9.11. The van der Waals surface area contributed by atoms with E-state index in [1.807, 2.05) is 0 Å². The van der Waals surface area contributed by atoms with Crippen LogP contribution in [0, 0.1) is 0 Å². The topological polar surface area (TPSA) is 60.4 Å². The lowest BCUT2D eigenvalue weighted by atomic mass is 10.1. The molecule has 0 atom stereocenters. The summed E-state index contributed by atoms with van der Waals surface area (Å²) in [6.07, 6.45) is 0.328. The molecule has 0 unspecified atom stereocenters. The Balaban J connectivity index is 3.51. The van der Waals surface area contributed by atoms with Crippen molar-refractivity contribution in [3.63, 3.8) is 0 Å². The van der Waals surface area contributed by atoms with Gasteiger partial charge in [0.25, 0.3) is 0 Å². The zero-order valence-corrected chi connectivity index (χ0v) is 9.92. The van der Waals surface area contributed by atoms with E-state index in [4.69, 9.17) is 0 Å². The molecule has 1 aromatic rings. The van der Waals surface area contributed by atoms with Crippen molar-refractivity contribution >= 4 is 16.1 Å². The van der Waals surface area contributed by atoms with Gasteiger partial charge in [0.05, 0.1) is 17.6 Å². The van der Waals surface area contributed by atoms with Gasteiger partial charge in [-0.15, -0.1) is 0 Å². The lowest BCUT2D eigenvalue weighted by Crippen LogP contribution is -2.17. The average molecular weight is 264 g/mol. The summed E-state index contributed by atoms with van der Waals surface area (Å²) in [6, 6.07) is 2.96. The number of hydrogen-bond acceptors (Lipinski definition) is 4. The molecule has 0 spiro atoms. The largest absolute Gasteiger partial charge is 0.496 e. The van der Waals surface area contributed by atoms with Gasteiger partial charge in [-0.25, -0.2) is 8.42 Å². The molecule has 7 heteroatoms. The molecule has 0 aromatic heterocycles. The Morgan fingerprint density at radius 1 is 1.35 bits per heavy atom. The van der Waals surface area contributed by atoms with Crippen LogP contribution in [0.3, 0.4) is 0 Å². The molecular formula is C10H10F2O4S. The summed E-state index contributed by atoms with van der Waals surface area (Å²) in [5.74, 6) is -4.03. The fourth-order valence-corrected chi connectivity index (χ4v) is 1.89. The fourth-order valence-electron chi connectivity index (χ4n) is 1.24. The van der Waals surface area contributed by atoms with Crippen LogP contribution >= 0.6 is 0 Å². The smallest absolute Gasteiger partial charge is 0.331 e. The maximum atomic E-state index is 13.3. The van der Waals surface area contributed by atoms with Crippen molar-refractivity contribution in [3.05, 3.63) is 23.8 Å². The van der Waals surface area contributed by atoms with Gasteiger partial charge in [-0.1, -0.05) is 0 Å². The Morgan fingerprint density at radius 3 is 2.35 bits per heavy atom. The third-order valence-electron chi connectivity index (χ3n) is 2.11. The number of sulfone groups is 1. The van der Waals surface area contributed by atoms with Gasteiger partial charge in [0, 0.05) is 6.26 Å². The van der Waals surface area contributed by atoms with Crippen LogP contribution in [0.4, 0.5) is 8.78 Å². The first-order valence-electron chi connectivity index (χ1n) is 4.45. The number of halogens is 2. The van der Waals surface area contributed by atoms with Gasteiger partial charge >= 0.3 is 5.92 Å². The van der Waals surface area contributed by atoms with Crippen molar-refractivity contribution in [1.82, 2.24) is 0 Å². The highest BCUT2D eigenvalue weighted by Gasteiger charge is 2.35. The molecule has 0 radical (unpaired) electrons. The molecule has 0 N–H and O–H groups in total. The van der Waals surface area contributed by atoms with E-state index in [-0.39, 0.29) is 10.6 Å². The van der Waals surface area contributed by atoms with Crippen molar-refractivity contribution in [3.8, 4) is 5.75 Å². The van der Waals surface area contributed by atoms with E-state index in [1.54, 1.807) is 0 Å². The van der Waals surface area contributed by atoms with Crippen molar-refractivity contribution in [1.29, 1.82) is 0 Å². The summed E-state index contributed by atoms with van der Waals surface area (Å²) in [5, 5.41) is 0. The molecule has 94 valence electrons. The number of rotatable bonds is 4. The number of methoxy groups -OCH3 is 1. The number of benzene rings is 1. The number of carbonyl (C=O) groups is 1. The second-order valence-electron chi connectivity index (χ2n) is 3.38. The summed E-state index contributed by atoms with van der Waals surface area (Å²) in [4.78, 5) is 10.0. The van der Waals surface area contributed by atoms with Crippen molar-refractivity contribution < 1.29 is 26.7 Å². The molecule has 0 saturated heterocycles. The van der Waals surface area contributed by atoms with E-state index in [0.717, 1.165) is 31.6 Å². The third-order valence-corrected chi connectivity index (χ3v) is 3.22. The number of hydrogen-bond donors (Lipinski definition) is 0. The Hall–Kier alpha value is -1.50. The number of aldehydes is 1. The molecule has 0 amide bonds. The fraction of sp³-hybridized carbons (Fsp3) is 0.300. The van der Waals surface area contributed by atoms with Crippen LogP contribution in [0.5, 0.6) is 5.75 Å². The first-order valence-corrected chi connectivity index (χ1v) is 6.34. The second-order valence-corrected chi connectivity index (χ2v) is 5.39. The summed E-state index contributed by atoms with van der Waals surface area (Å²) in [7, 11) is -2.47. The third kappa shape index (κ3) is 2.79. The molecule has 0 fully saturated rings. The van der Waals surface area contributed by atoms with Gasteiger partial charge in [-0.2, -0.15) is 8.78 Å². The van der Waals surface area contributed by atoms with Crippen LogP contribution in [0.2, 0.25) is 0 Å². The van der Waals surface area contributed by atoms with E-state index in [2.05, 4.69) is 4.74 Å². The molecule has 1 rings (SSSR count). The van der Waals surface area contributed by atoms with Crippen molar-refractivity contribution in [2.45, 2.75) is 10.8 Å². The Labute approximate surface area is 97.1 Å². The lowest BCUT2D eigenvalue weighted by molar-refractivity contribution is -0.130. The Kier molecular flexibility index (Phi) is 3.51. The average Bonchev–Trinajstić information content (AvgIpc) is 2.27. The van der Waals surface area contributed by atoms with Crippen LogP contribution in [0.25, 0.3) is 0 Å². The van der Waals surface area contributed by atoms with Crippen LogP contribution in [0.15, 0.2) is 23.1 Å². The minimum atomic E-state index is -3.79. The van der Waals surface area contributed by atoms with Crippen molar-refractivity contribution in [2.24, 2.45) is 0 Å². The van der Waals surface area contributed by atoms with Crippen LogP contribution < -0.4 is 4.74 Å². The standard InChI is InChI=1S/C10H10F2O4S/c1-16-9-4-3-7(17(2,14)15)5-8(9)10(11,12)6-13/h3-6H,1-2H3. The summed E-state index contributed by atoms with van der Waals surface area (Å²) < 4.78 is 53.6. The summed E-state index contributed by atoms with van der Waals surface area (Å²) >= 11 is 0. The first-order chi connectivity index (χ1) is 7.72. The Morgan fingerprint density at radius 2 is 1.94 bits per heavy atom. The van der Waals surface area contributed by atoms with E-state index in [1.165, 1.54) is 0 Å². The van der Waals surface area contributed by atoms with Gasteiger partial charge in [0.15, 0.2) is 16.1 Å². The van der Waals surface area contributed by atoms with Gasteiger partial charge < -0.3 is 4.74 Å². The minimum Gasteiger partial charge on any atom is -0.496 e. The van der Waals surface area contributed by atoms with Crippen molar-refractivity contribution in [2.75, 3.05) is 13.4 Å². The highest BCUT2D eigenvalue weighted by molar-refractivity contribution is 7.90. The van der Waals surface area contributed by atoms with Gasteiger partial charge in [0.1, 0.15) is 5.75 Å². The molecule has 0 heterocycles. The molecule has 1 aromatic carbocycles. The Bertz CT molecular complexity index is 537. The van der Waals surface area contributed by atoms with Gasteiger partial charge in [0.2, 0.25) is 0 Å². The predicted molar refractivity (Wildman–Crippen MR) is 56.1 cm³/mol. The first kappa shape index (κ1) is 13.6. The minimum absolute atomic E-state index is 0.241. The SMILES string of the molecule is COc1ccc(S(C)(=O)=O)cc1C(F)(F)C=O. The number of alkyl halides is 2. The zero-order chi connectivity index (χ0) is 13.3. The van der Waals surface area contributed by atoms with E-state index in [9.17, 15) is 22.0 Å². The molecule has 0 aliphatic carbocycles. The summed E-state index contributed by atoms with van der Waals surface area (Å²) in [5.41, 5.74) is -0.766. The van der Waals surface area contributed by atoms with Crippen LogP contribution in [-0.2, 0) is 20.6 Å². The normalized spacial score (nSPS) is 12.2. The molecule has 0 aliphatic rings. The predicted octanol–water partition coefficient (Wildman–Crippen LogP) is 1.39. The highest BCUT2D eigenvalue weighted by Crippen LogP contribution is 2.34. The van der Waals surface area contributed by atoms with Gasteiger partial charge in [-0.05, 0) is 18.2 Å². The molecular weight excluding hydrogens is 254 g/mol. The molecule has 0 aliphatic heterocycles. The number of ether oxygens (including phenoxy) is 1. The van der Waals surface area contributed by atoms with E-state index >= 15 is 0 Å². The highest BCUT2D eigenvalue weighted by atomic mass is 32.2. The monoisotopic (exact) mass is 264 g/mol. The molecule has 17 heavy (non-hydrogen) atoms. The lowest BCUT2D eigenvalue weighted by Gasteiger charge is -2.14. The molecule has 4 nitrogen and oxygen atoms in total.